The second kappa shape index (κ2) is 6.00. The van der Waals surface area contributed by atoms with Gasteiger partial charge in [-0.2, -0.15) is 0 Å². The first-order chi connectivity index (χ1) is 7.97. The fourth-order valence-corrected chi connectivity index (χ4v) is 2.28. The first-order valence-electron chi connectivity index (χ1n) is 6.11. The summed E-state index contributed by atoms with van der Waals surface area (Å²) in [4.78, 5) is 22.9. The summed E-state index contributed by atoms with van der Waals surface area (Å²) in [6.45, 7) is 3.70. The molecule has 3 N–H and O–H groups in total. The zero-order valence-electron chi connectivity index (χ0n) is 10.3. The van der Waals surface area contributed by atoms with Gasteiger partial charge in [-0.3, -0.25) is 9.59 Å². The van der Waals surface area contributed by atoms with Crippen LogP contribution in [0.3, 0.4) is 0 Å². The van der Waals surface area contributed by atoms with Crippen LogP contribution in [-0.2, 0) is 9.59 Å². The lowest BCUT2D eigenvalue weighted by molar-refractivity contribution is -0.146. The van der Waals surface area contributed by atoms with Crippen molar-refractivity contribution in [3.05, 3.63) is 0 Å². The minimum atomic E-state index is -0.896. The lowest BCUT2D eigenvalue weighted by Crippen LogP contribution is -2.45. The first kappa shape index (κ1) is 14.0. The van der Waals surface area contributed by atoms with Crippen molar-refractivity contribution in [1.82, 2.24) is 5.32 Å². The van der Waals surface area contributed by atoms with Crippen molar-refractivity contribution in [1.29, 1.82) is 0 Å². The van der Waals surface area contributed by atoms with Crippen molar-refractivity contribution in [2.75, 3.05) is 6.61 Å². The van der Waals surface area contributed by atoms with E-state index in [1.54, 1.807) is 0 Å². The highest BCUT2D eigenvalue weighted by atomic mass is 16.4. The molecule has 1 amide bonds. The average molecular weight is 243 g/mol. The van der Waals surface area contributed by atoms with Crippen molar-refractivity contribution in [3.63, 3.8) is 0 Å². The van der Waals surface area contributed by atoms with Crippen molar-refractivity contribution < 1.29 is 19.8 Å². The summed E-state index contributed by atoms with van der Waals surface area (Å²) in [5.41, 5.74) is 0. The van der Waals surface area contributed by atoms with Gasteiger partial charge in [-0.1, -0.05) is 20.3 Å². The number of hydrogen-bond acceptors (Lipinski definition) is 3. The molecule has 1 rings (SSSR count). The SMILES string of the molecule is CC(C)[C@@H](CO)NC(=O)[C@@H]1CCC[C@@H]1C(=O)O. The Morgan fingerprint density at radius 1 is 1.29 bits per heavy atom. The number of aliphatic hydroxyl groups is 1. The van der Waals surface area contributed by atoms with Crippen LogP contribution in [0.1, 0.15) is 33.1 Å². The van der Waals surface area contributed by atoms with Crippen LogP contribution in [0.4, 0.5) is 0 Å². The molecule has 0 aromatic carbocycles. The monoisotopic (exact) mass is 243 g/mol. The molecule has 0 heterocycles. The molecular formula is C12H21NO4. The number of carboxylic acid groups (broad SMARTS) is 1. The van der Waals surface area contributed by atoms with Crippen LogP contribution in [0.5, 0.6) is 0 Å². The zero-order chi connectivity index (χ0) is 13.0. The third kappa shape index (κ3) is 3.43. The van der Waals surface area contributed by atoms with E-state index in [0.29, 0.717) is 12.8 Å². The van der Waals surface area contributed by atoms with Crippen LogP contribution in [0.2, 0.25) is 0 Å². The quantitative estimate of drug-likeness (QED) is 0.660. The minimum Gasteiger partial charge on any atom is -0.481 e. The Labute approximate surface area is 101 Å². The molecule has 1 saturated carbocycles. The van der Waals surface area contributed by atoms with Crippen molar-refractivity contribution in [2.24, 2.45) is 17.8 Å². The number of aliphatic hydroxyl groups excluding tert-OH is 1. The predicted octanol–water partition coefficient (Wildman–Crippen LogP) is 0.620. The van der Waals surface area contributed by atoms with Crippen LogP contribution in [0, 0.1) is 17.8 Å². The molecule has 5 nitrogen and oxygen atoms in total. The van der Waals surface area contributed by atoms with Gasteiger partial charge in [0.15, 0.2) is 0 Å². The number of hydrogen-bond donors (Lipinski definition) is 3. The Kier molecular flexibility index (Phi) is 4.93. The van der Waals surface area contributed by atoms with Crippen molar-refractivity contribution >= 4 is 11.9 Å². The van der Waals surface area contributed by atoms with E-state index in [1.165, 1.54) is 0 Å². The van der Waals surface area contributed by atoms with Gasteiger partial charge in [0, 0.05) is 0 Å². The highest BCUT2D eigenvalue weighted by Gasteiger charge is 2.38. The summed E-state index contributed by atoms with van der Waals surface area (Å²) in [5, 5.41) is 20.9. The molecule has 0 bridgehead atoms. The van der Waals surface area contributed by atoms with Gasteiger partial charge in [-0.15, -0.1) is 0 Å². The number of aliphatic carboxylic acids is 1. The molecule has 0 spiro atoms. The minimum absolute atomic E-state index is 0.117. The summed E-state index contributed by atoms with van der Waals surface area (Å²) in [5.74, 6) is -2.01. The maximum Gasteiger partial charge on any atom is 0.307 e. The zero-order valence-corrected chi connectivity index (χ0v) is 10.3. The maximum atomic E-state index is 11.9. The normalized spacial score (nSPS) is 25.9. The van der Waals surface area contributed by atoms with Crippen LogP contribution in [0.15, 0.2) is 0 Å². The number of carbonyl (C=O) groups is 2. The van der Waals surface area contributed by atoms with Gasteiger partial charge < -0.3 is 15.5 Å². The Bertz CT molecular complexity index is 290. The Morgan fingerprint density at radius 2 is 1.88 bits per heavy atom. The number of carbonyl (C=O) groups excluding carboxylic acids is 1. The largest absolute Gasteiger partial charge is 0.481 e. The average Bonchev–Trinajstić information content (AvgIpc) is 2.73. The Balaban J connectivity index is 2.60. The van der Waals surface area contributed by atoms with Crippen LogP contribution < -0.4 is 5.32 Å². The molecule has 17 heavy (non-hydrogen) atoms. The molecule has 0 unspecified atom stereocenters. The molecule has 3 atom stereocenters. The van der Waals surface area contributed by atoms with E-state index in [9.17, 15) is 9.59 Å². The molecule has 0 aromatic rings. The fraction of sp³-hybridized carbons (Fsp3) is 0.833. The standard InChI is InChI=1S/C12H21NO4/c1-7(2)10(6-14)13-11(15)8-4-3-5-9(8)12(16)17/h7-10,14H,3-6H2,1-2H3,(H,13,15)(H,16,17)/t8-,9+,10-/m1/s1. The van der Waals surface area contributed by atoms with Crippen LogP contribution in [-0.4, -0.2) is 34.7 Å². The van der Waals surface area contributed by atoms with Gasteiger partial charge in [0.05, 0.1) is 24.5 Å². The highest BCUT2D eigenvalue weighted by Crippen LogP contribution is 2.32. The number of carboxylic acids is 1. The number of rotatable bonds is 5. The molecule has 98 valence electrons. The summed E-state index contributed by atoms with van der Waals surface area (Å²) in [7, 11) is 0. The van der Waals surface area contributed by atoms with Crippen molar-refractivity contribution in [3.8, 4) is 0 Å². The molecule has 0 radical (unpaired) electrons. The van der Waals surface area contributed by atoms with Gasteiger partial charge in [0.1, 0.15) is 0 Å². The summed E-state index contributed by atoms with van der Waals surface area (Å²) in [6.07, 6.45) is 1.97. The first-order valence-corrected chi connectivity index (χ1v) is 6.11. The van der Waals surface area contributed by atoms with Gasteiger partial charge in [0.25, 0.3) is 0 Å². The van der Waals surface area contributed by atoms with E-state index < -0.39 is 17.8 Å². The maximum absolute atomic E-state index is 11.9. The second-order valence-electron chi connectivity index (χ2n) is 5.02. The molecule has 0 aromatic heterocycles. The lowest BCUT2D eigenvalue weighted by Gasteiger charge is -2.23. The van der Waals surface area contributed by atoms with Gasteiger partial charge in [-0.25, -0.2) is 0 Å². The molecule has 0 aliphatic heterocycles. The molecule has 0 saturated heterocycles. The fourth-order valence-electron chi connectivity index (χ4n) is 2.28. The summed E-state index contributed by atoms with van der Waals surface area (Å²) in [6, 6.07) is -0.294. The van der Waals surface area contributed by atoms with E-state index in [1.807, 2.05) is 13.8 Å². The third-order valence-corrected chi connectivity index (χ3v) is 3.50. The van der Waals surface area contributed by atoms with E-state index in [2.05, 4.69) is 5.32 Å². The van der Waals surface area contributed by atoms with Gasteiger partial charge in [0.2, 0.25) is 5.91 Å². The molecule has 1 aliphatic rings. The third-order valence-electron chi connectivity index (χ3n) is 3.50. The summed E-state index contributed by atoms with van der Waals surface area (Å²) < 4.78 is 0. The molecule has 5 heteroatoms. The Morgan fingerprint density at radius 3 is 2.35 bits per heavy atom. The van der Waals surface area contributed by atoms with Gasteiger partial charge >= 0.3 is 5.97 Å². The molecular weight excluding hydrogens is 222 g/mol. The Hall–Kier alpha value is -1.10. The van der Waals surface area contributed by atoms with E-state index in [-0.39, 0.29) is 24.5 Å². The highest BCUT2D eigenvalue weighted by molar-refractivity contribution is 5.85. The number of nitrogens with one attached hydrogen (secondary N) is 1. The predicted molar refractivity (Wildman–Crippen MR) is 62.3 cm³/mol. The van der Waals surface area contributed by atoms with Gasteiger partial charge in [-0.05, 0) is 18.8 Å². The van der Waals surface area contributed by atoms with Crippen LogP contribution in [0.25, 0.3) is 0 Å². The lowest BCUT2D eigenvalue weighted by atomic mass is 9.94. The molecule has 1 fully saturated rings. The van der Waals surface area contributed by atoms with E-state index in [0.717, 1.165) is 6.42 Å². The topological polar surface area (TPSA) is 86.6 Å². The molecule has 1 aliphatic carbocycles. The smallest absolute Gasteiger partial charge is 0.307 e. The number of amides is 1. The second-order valence-corrected chi connectivity index (χ2v) is 5.02. The van der Waals surface area contributed by atoms with E-state index in [4.69, 9.17) is 10.2 Å². The summed E-state index contributed by atoms with van der Waals surface area (Å²) >= 11 is 0. The van der Waals surface area contributed by atoms with E-state index >= 15 is 0 Å². The van der Waals surface area contributed by atoms with Crippen molar-refractivity contribution in [2.45, 2.75) is 39.2 Å². The van der Waals surface area contributed by atoms with Crippen LogP contribution >= 0.6 is 0 Å².